The topological polar surface area (TPSA) is 78.4 Å². The van der Waals surface area contributed by atoms with Crippen molar-refractivity contribution in [3.8, 4) is 0 Å². The van der Waals surface area contributed by atoms with Gasteiger partial charge < -0.3 is 15.7 Å². The van der Waals surface area contributed by atoms with E-state index in [1.807, 2.05) is 13.2 Å². The zero-order valence-corrected chi connectivity index (χ0v) is 11.5. The molecule has 5 nitrogen and oxygen atoms in total. The molecule has 2 amide bonds. The molecule has 0 bridgehead atoms. The molecule has 0 aromatic rings. The van der Waals surface area contributed by atoms with Crippen molar-refractivity contribution in [3.05, 3.63) is 0 Å². The first-order chi connectivity index (χ1) is 7.99. The first-order valence-corrected chi connectivity index (χ1v) is 7.07. The number of rotatable bonds is 8. The SMILES string of the molecule is CCC(CC(=O)O)NC(=O)NCCC(C)SC. The van der Waals surface area contributed by atoms with Gasteiger partial charge in [0, 0.05) is 17.8 Å². The van der Waals surface area contributed by atoms with Gasteiger partial charge in [-0.2, -0.15) is 11.8 Å². The van der Waals surface area contributed by atoms with Crippen LogP contribution < -0.4 is 10.6 Å². The smallest absolute Gasteiger partial charge is 0.315 e. The van der Waals surface area contributed by atoms with E-state index in [1.54, 1.807) is 11.8 Å². The minimum atomic E-state index is -0.895. The molecule has 2 atom stereocenters. The zero-order valence-electron chi connectivity index (χ0n) is 10.7. The standard InChI is InChI=1S/C11H22N2O3S/c1-4-9(7-10(14)15)13-11(16)12-6-5-8(2)17-3/h8-9H,4-7H2,1-3H3,(H,14,15)(H2,12,13,16). The number of amides is 2. The fourth-order valence-electron chi connectivity index (χ4n) is 1.25. The van der Waals surface area contributed by atoms with Gasteiger partial charge in [0.1, 0.15) is 0 Å². The molecule has 3 N–H and O–H groups in total. The molecular formula is C11H22N2O3S. The second-order valence-corrected chi connectivity index (χ2v) is 5.21. The Bertz CT molecular complexity index is 249. The molecule has 0 aromatic heterocycles. The Labute approximate surface area is 107 Å². The summed E-state index contributed by atoms with van der Waals surface area (Å²) in [5.41, 5.74) is 0. The van der Waals surface area contributed by atoms with Crippen molar-refractivity contribution in [2.75, 3.05) is 12.8 Å². The number of carbonyl (C=O) groups is 2. The second-order valence-electron chi connectivity index (χ2n) is 3.94. The Kier molecular flexibility index (Phi) is 8.66. The summed E-state index contributed by atoms with van der Waals surface area (Å²) < 4.78 is 0. The molecule has 100 valence electrons. The van der Waals surface area contributed by atoms with E-state index in [9.17, 15) is 9.59 Å². The van der Waals surface area contributed by atoms with Crippen LogP contribution in [0.15, 0.2) is 0 Å². The fraction of sp³-hybridized carbons (Fsp3) is 0.818. The normalized spacial score (nSPS) is 13.8. The van der Waals surface area contributed by atoms with Crippen molar-refractivity contribution in [2.24, 2.45) is 0 Å². The van der Waals surface area contributed by atoms with Crippen LogP contribution >= 0.6 is 11.8 Å². The van der Waals surface area contributed by atoms with Crippen molar-refractivity contribution >= 4 is 23.8 Å². The second kappa shape index (κ2) is 9.15. The summed E-state index contributed by atoms with van der Waals surface area (Å²) in [6, 6.07) is -0.586. The van der Waals surface area contributed by atoms with Crippen molar-refractivity contribution in [2.45, 2.75) is 44.4 Å². The third kappa shape index (κ3) is 8.85. The van der Waals surface area contributed by atoms with Crippen molar-refractivity contribution in [1.82, 2.24) is 10.6 Å². The van der Waals surface area contributed by atoms with E-state index in [2.05, 4.69) is 17.6 Å². The lowest BCUT2D eigenvalue weighted by Crippen LogP contribution is -2.43. The van der Waals surface area contributed by atoms with E-state index >= 15 is 0 Å². The van der Waals surface area contributed by atoms with E-state index in [0.29, 0.717) is 18.2 Å². The number of carboxylic acid groups (broad SMARTS) is 1. The third-order valence-corrected chi connectivity index (χ3v) is 3.53. The molecule has 0 saturated carbocycles. The summed E-state index contributed by atoms with van der Waals surface area (Å²) in [7, 11) is 0. The molecule has 0 heterocycles. The molecule has 0 rings (SSSR count). The predicted molar refractivity (Wildman–Crippen MR) is 70.5 cm³/mol. The molecule has 0 aliphatic carbocycles. The van der Waals surface area contributed by atoms with Gasteiger partial charge in [0.05, 0.1) is 6.42 Å². The maximum Gasteiger partial charge on any atom is 0.315 e. The van der Waals surface area contributed by atoms with Crippen LogP contribution in [0.3, 0.4) is 0 Å². The Morgan fingerprint density at radius 3 is 2.53 bits per heavy atom. The van der Waals surface area contributed by atoms with Crippen LogP contribution in [0, 0.1) is 0 Å². The number of urea groups is 1. The molecular weight excluding hydrogens is 240 g/mol. The summed E-state index contributed by atoms with van der Waals surface area (Å²) in [5, 5.41) is 14.5. The van der Waals surface area contributed by atoms with Crippen LogP contribution in [0.4, 0.5) is 4.79 Å². The average molecular weight is 262 g/mol. The number of nitrogens with one attached hydrogen (secondary N) is 2. The molecule has 2 unspecified atom stereocenters. The maximum atomic E-state index is 11.4. The van der Waals surface area contributed by atoms with Gasteiger partial charge in [0.15, 0.2) is 0 Å². The average Bonchev–Trinajstić information content (AvgIpc) is 2.27. The van der Waals surface area contributed by atoms with E-state index in [1.165, 1.54) is 0 Å². The van der Waals surface area contributed by atoms with Crippen molar-refractivity contribution in [3.63, 3.8) is 0 Å². The third-order valence-electron chi connectivity index (χ3n) is 2.49. The van der Waals surface area contributed by atoms with Crippen LogP contribution in [0.5, 0.6) is 0 Å². The molecule has 0 fully saturated rings. The highest BCUT2D eigenvalue weighted by Crippen LogP contribution is 2.07. The van der Waals surface area contributed by atoms with Crippen molar-refractivity contribution in [1.29, 1.82) is 0 Å². The van der Waals surface area contributed by atoms with E-state index in [-0.39, 0.29) is 18.5 Å². The molecule has 0 aliphatic rings. The Morgan fingerprint density at radius 1 is 1.41 bits per heavy atom. The van der Waals surface area contributed by atoms with Crippen molar-refractivity contribution < 1.29 is 14.7 Å². The highest BCUT2D eigenvalue weighted by atomic mass is 32.2. The Balaban J connectivity index is 3.79. The molecule has 0 aromatic carbocycles. The summed E-state index contributed by atoms with van der Waals surface area (Å²) in [6.07, 6.45) is 3.51. The van der Waals surface area contributed by atoms with Crippen LogP contribution in [0.2, 0.25) is 0 Å². The van der Waals surface area contributed by atoms with Gasteiger partial charge in [0.25, 0.3) is 0 Å². The molecule has 0 spiro atoms. The first kappa shape index (κ1) is 16.1. The van der Waals surface area contributed by atoms with Gasteiger partial charge >= 0.3 is 12.0 Å². The quantitative estimate of drug-likeness (QED) is 0.622. The van der Waals surface area contributed by atoms with Gasteiger partial charge in [-0.15, -0.1) is 0 Å². The van der Waals surface area contributed by atoms with Crippen LogP contribution in [-0.4, -0.2) is 41.2 Å². The number of thioether (sulfide) groups is 1. The summed E-state index contributed by atoms with van der Waals surface area (Å²) in [5.74, 6) is -0.895. The minimum Gasteiger partial charge on any atom is -0.481 e. The maximum absolute atomic E-state index is 11.4. The fourth-order valence-corrected chi connectivity index (χ4v) is 1.61. The predicted octanol–water partition coefficient (Wildman–Crippen LogP) is 1.68. The number of aliphatic carboxylic acids is 1. The highest BCUT2D eigenvalue weighted by Gasteiger charge is 2.13. The summed E-state index contributed by atoms with van der Waals surface area (Å²) >= 11 is 1.75. The minimum absolute atomic E-state index is 0.0366. The van der Waals surface area contributed by atoms with Crippen LogP contribution in [0.25, 0.3) is 0 Å². The van der Waals surface area contributed by atoms with Gasteiger partial charge in [0.2, 0.25) is 0 Å². The lowest BCUT2D eigenvalue weighted by Gasteiger charge is -2.16. The first-order valence-electron chi connectivity index (χ1n) is 5.78. The van der Waals surface area contributed by atoms with E-state index in [4.69, 9.17) is 5.11 Å². The van der Waals surface area contributed by atoms with Gasteiger partial charge in [-0.25, -0.2) is 4.79 Å². The lowest BCUT2D eigenvalue weighted by atomic mass is 10.1. The summed E-state index contributed by atoms with van der Waals surface area (Å²) in [4.78, 5) is 22.0. The van der Waals surface area contributed by atoms with Gasteiger partial charge in [-0.1, -0.05) is 13.8 Å². The largest absolute Gasteiger partial charge is 0.481 e. The molecule has 17 heavy (non-hydrogen) atoms. The highest BCUT2D eigenvalue weighted by molar-refractivity contribution is 7.99. The van der Waals surface area contributed by atoms with Crippen LogP contribution in [0.1, 0.15) is 33.1 Å². The number of carbonyl (C=O) groups excluding carboxylic acids is 1. The van der Waals surface area contributed by atoms with E-state index in [0.717, 1.165) is 6.42 Å². The Hall–Kier alpha value is -0.910. The molecule has 0 radical (unpaired) electrons. The number of hydrogen-bond acceptors (Lipinski definition) is 3. The zero-order chi connectivity index (χ0) is 13.3. The molecule has 0 saturated heterocycles. The number of carboxylic acids is 1. The molecule has 6 heteroatoms. The monoisotopic (exact) mass is 262 g/mol. The van der Waals surface area contributed by atoms with Gasteiger partial charge in [-0.3, -0.25) is 4.79 Å². The summed E-state index contributed by atoms with van der Waals surface area (Å²) in [6.45, 7) is 4.56. The molecule has 0 aliphatic heterocycles. The lowest BCUT2D eigenvalue weighted by molar-refractivity contribution is -0.137. The van der Waals surface area contributed by atoms with Crippen LogP contribution in [-0.2, 0) is 4.79 Å². The van der Waals surface area contributed by atoms with Gasteiger partial charge in [-0.05, 0) is 19.1 Å². The van der Waals surface area contributed by atoms with E-state index < -0.39 is 5.97 Å². The number of hydrogen-bond donors (Lipinski definition) is 3. The Morgan fingerprint density at radius 2 is 2.06 bits per heavy atom.